The number of hydrogen-bond donors (Lipinski definition) is 2. The lowest BCUT2D eigenvalue weighted by molar-refractivity contribution is -0.126. The predicted molar refractivity (Wildman–Crippen MR) is 106 cm³/mol. The number of hydrogen-bond acceptors (Lipinski definition) is 6. The number of morpholine rings is 1. The third-order valence-electron chi connectivity index (χ3n) is 5.18. The molecule has 1 aromatic heterocycles. The van der Waals surface area contributed by atoms with Gasteiger partial charge >= 0.3 is 0 Å². The standard InChI is InChI=1S/C19H30N4O3S/c1-12-8-23(9-13(2)26-12)10-16-11-27-19(21-16)22-18(25)17(20-14(3)24)15-6-4-5-7-15/h11-13,15,17H,4-10H2,1-3H3,(H,20,24)(H,21,22,25). The second-order valence-electron chi connectivity index (χ2n) is 7.81. The van der Waals surface area contributed by atoms with Gasteiger partial charge in [0.2, 0.25) is 11.8 Å². The van der Waals surface area contributed by atoms with E-state index in [1.165, 1.54) is 18.3 Å². The molecule has 0 spiro atoms. The molecule has 2 aliphatic rings. The highest BCUT2D eigenvalue weighted by molar-refractivity contribution is 7.13. The molecule has 0 aromatic carbocycles. The average Bonchev–Trinajstić information content (AvgIpc) is 3.23. The van der Waals surface area contributed by atoms with Crippen molar-refractivity contribution >= 4 is 28.3 Å². The molecule has 1 saturated carbocycles. The molecule has 150 valence electrons. The van der Waals surface area contributed by atoms with Crippen molar-refractivity contribution in [2.45, 2.75) is 71.2 Å². The van der Waals surface area contributed by atoms with E-state index >= 15 is 0 Å². The van der Waals surface area contributed by atoms with E-state index in [-0.39, 0.29) is 29.9 Å². The molecular formula is C19H30N4O3S. The Morgan fingerprint density at radius 3 is 2.59 bits per heavy atom. The molecule has 1 aliphatic heterocycles. The number of nitrogens with one attached hydrogen (secondary N) is 2. The number of carbonyl (C=O) groups excluding carboxylic acids is 2. The van der Waals surface area contributed by atoms with Gasteiger partial charge in [-0.1, -0.05) is 12.8 Å². The highest BCUT2D eigenvalue weighted by atomic mass is 32.1. The van der Waals surface area contributed by atoms with E-state index in [0.717, 1.165) is 51.0 Å². The van der Waals surface area contributed by atoms with Crippen LogP contribution in [0.15, 0.2) is 5.38 Å². The molecule has 3 atom stereocenters. The summed E-state index contributed by atoms with van der Waals surface area (Å²) < 4.78 is 5.77. The average molecular weight is 395 g/mol. The summed E-state index contributed by atoms with van der Waals surface area (Å²) in [6, 6.07) is -0.474. The third kappa shape index (κ3) is 5.73. The van der Waals surface area contributed by atoms with E-state index in [9.17, 15) is 9.59 Å². The lowest BCUT2D eigenvalue weighted by atomic mass is 9.97. The molecule has 1 saturated heterocycles. The molecule has 3 rings (SSSR count). The van der Waals surface area contributed by atoms with Crippen LogP contribution in [0.4, 0.5) is 5.13 Å². The highest BCUT2D eigenvalue weighted by Crippen LogP contribution is 2.29. The minimum absolute atomic E-state index is 0.161. The summed E-state index contributed by atoms with van der Waals surface area (Å²) in [4.78, 5) is 31.2. The quantitative estimate of drug-likeness (QED) is 0.774. The van der Waals surface area contributed by atoms with Crippen LogP contribution in [-0.2, 0) is 20.9 Å². The Kier molecular flexibility index (Phi) is 6.83. The molecule has 8 heteroatoms. The van der Waals surface area contributed by atoms with Crippen molar-refractivity contribution in [1.29, 1.82) is 0 Å². The Hall–Kier alpha value is -1.51. The summed E-state index contributed by atoms with van der Waals surface area (Å²) in [5.74, 6) is -0.117. The van der Waals surface area contributed by atoms with Gasteiger partial charge < -0.3 is 15.4 Å². The second-order valence-corrected chi connectivity index (χ2v) is 8.67. The third-order valence-corrected chi connectivity index (χ3v) is 5.98. The number of anilines is 1. The minimum atomic E-state index is -0.474. The Morgan fingerprint density at radius 2 is 1.96 bits per heavy atom. The summed E-state index contributed by atoms with van der Waals surface area (Å²) in [6.45, 7) is 8.15. The molecule has 2 amide bonds. The summed E-state index contributed by atoms with van der Waals surface area (Å²) in [5.41, 5.74) is 0.952. The van der Waals surface area contributed by atoms with E-state index < -0.39 is 6.04 Å². The van der Waals surface area contributed by atoms with Crippen LogP contribution in [0.2, 0.25) is 0 Å². The van der Waals surface area contributed by atoms with Crippen LogP contribution in [0, 0.1) is 5.92 Å². The van der Waals surface area contributed by atoms with Gasteiger partial charge in [-0.3, -0.25) is 14.5 Å². The van der Waals surface area contributed by atoms with Gasteiger partial charge in [0.15, 0.2) is 5.13 Å². The fourth-order valence-corrected chi connectivity index (χ4v) is 4.87. The maximum Gasteiger partial charge on any atom is 0.249 e. The second kappa shape index (κ2) is 9.12. The summed E-state index contributed by atoms with van der Waals surface area (Å²) in [7, 11) is 0. The smallest absolute Gasteiger partial charge is 0.249 e. The van der Waals surface area contributed by atoms with E-state index in [1.807, 2.05) is 5.38 Å². The van der Waals surface area contributed by atoms with E-state index in [4.69, 9.17) is 4.74 Å². The van der Waals surface area contributed by atoms with Crippen molar-refractivity contribution in [2.24, 2.45) is 5.92 Å². The summed E-state index contributed by atoms with van der Waals surface area (Å²) >= 11 is 1.43. The van der Waals surface area contributed by atoms with Gasteiger partial charge in [-0.2, -0.15) is 0 Å². The number of rotatable bonds is 6. The number of amides is 2. The first-order valence-corrected chi connectivity index (χ1v) is 10.7. The fraction of sp³-hybridized carbons (Fsp3) is 0.737. The fourth-order valence-electron chi connectivity index (χ4n) is 4.17. The zero-order valence-electron chi connectivity index (χ0n) is 16.4. The monoisotopic (exact) mass is 394 g/mol. The normalized spacial score (nSPS) is 25.3. The molecule has 2 heterocycles. The van der Waals surface area contributed by atoms with Gasteiger partial charge in [0.25, 0.3) is 0 Å². The van der Waals surface area contributed by atoms with Crippen LogP contribution in [0.3, 0.4) is 0 Å². The first-order chi connectivity index (χ1) is 12.9. The van der Waals surface area contributed by atoms with Crippen LogP contribution in [-0.4, -0.2) is 53.0 Å². The topological polar surface area (TPSA) is 83.6 Å². The van der Waals surface area contributed by atoms with Crippen LogP contribution in [0.1, 0.15) is 52.1 Å². The van der Waals surface area contributed by atoms with Gasteiger partial charge in [0, 0.05) is 31.9 Å². The maximum absolute atomic E-state index is 12.7. The number of carbonyl (C=O) groups is 2. The lowest BCUT2D eigenvalue weighted by Gasteiger charge is -2.34. The van der Waals surface area contributed by atoms with Gasteiger partial charge in [-0.15, -0.1) is 11.3 Å². The first kappa shape index (κ1) is 20.2. The lowest BCUT2D eigenvalue weighted by Crippen LogP contribution is -2.47. The van der Waals surface area contributed by atoms with Crippen molar-refractivity contribution in [3.63, 3.8) is 0 Å². The maximum atomic E-state index is 12.7. The minimum Gasteiger partial charge on any atom is -0.373 e. The molecule has 1 aromatic rings. The number of thiazole rings is 1. The van der Waals surface area contributed by atoms with Gasteiger partial charge in [-0.05, 0) is 32.6 Å². The largest absolute Gasteiger partial charge is 0.373 e. The van der Waals surface area contributed by atoms with Gasteiger partial charge in [0.1, 0.15) is 6.04 Å². The molecule has 3 unspecified atom stereocenters. The van der Waals surface area contributed by atoms with Crippen molar-refractivity contribution < 1.29 is 14.3 Å². The van der Waals surface area contributed by atoms with Crippen LogP contribution < -0.4 is 10.6 Å². The molecule has 2 fully saturated rings. The Balaban J connectivity index is 1.58. The molecule has 0 bridgehead atoms. The van der Waals surface area contributed by atoms with Crippen molar-refractivity contribution in [1.82, 2.24) is 15.2 Å². The zero-order valence-corrected chi connectivity index (χ0v) is 17.2. The number of aromatic nitrogens is 1. The van der Waals surface area contributed by atoms with Gasteiger partial charge in [0.05, 0.1) is 17.9 Å². The molecule has 0 radical (unpaired) electrons. The zero-order chi connectivity index (χ0) is 19.4. The SMILES string of the molecule is CC(=O)NC(C(=O)Nc1nc(CN2CC(C)OC(C)C2)cs1)C1CCCC1. The Bertz CT molecular complexity index is 649. The van der Waals surface area contributed by atoms with Crippen molar-refractivity contribution in [2.75, 3.05) is 18.4 Å². The van der Waals surface area contributed by atoms with Crippen molar-refractivity contribution in [3.05, 3.63) is 11.1 Å². The Morgan fingerprint density at radius 1 is 1.30 bits per heavy atom. The van der Waals surface area contributed by atoms with Crippen LogP contribution >= 0.6 is 11.3 Å². The molecule has 7 nitrogen and oxygen atoms in total. The molecular weight excluding hydrogens is 364 g/mol. The first-order valence-electron chi connectivity index (χ1n) is 9.81. The summed E-state index contributed by atoms with van der Waals surface area (Å²) in [6.07, 6.45) is 4.63. The molecule has 1 aliphatic carbocycles. The number of nitrogens with zero attached hydrogens (tertiary/aromatic N) is 2. The highest BCUT2D eigenvalue weighted by Gasteiger charge is 2.32. The summed E-state index contributed by atoms with van der Waals surface area (Å²) in [5, 5.41) is 8.32. The van der Waals surface area contributed by atoms with E-state index in [2.05, 4.69) is 34.4 Å². The van der Waals surface area contributed by atoms with Gasteiger partial charge in [-0.25, -0.2) is 4.98 Å². The van der Waals surface area contributed by atoms with E-state index in [0.29, 0.717) is 5.13 Å². The molecule has 27 heavy (non-hydrogen) atoms. The van der Waals surface area contributed by atoms with Crippen LogP contribution in [0.5, 0.6) is 0 Å². The van der Waals surface area contributed by atoms with Crippen molar-refractivity contribution in [3.8, 4) is 0 Å². The van der Waals surface area contributed by atoms with Crippen LogP contribution in [0.25, 0.3) is 0 Å². The molecule has 2 N–H and O–H groups in total. The van der Waals surface area contributed by atoms with E-state index in [1.54, 1.807) is 0 Å². The Labute approximate surface area is 164 Å². The predicted octanol–water partition coefficient (Wildman–Crippen LogP) is 2.39. The number of ether oxygens (including phenoxy) is 1.